The van der Waals surface area contributed by atoms with Crippen molar-refractivity contribution >= 4 is 35.2 Å². The van der Waals surface area contributed by atoms with Crippen LogP contribution >= 0.6 is 23.2 Å². The van der Waals surface area contributed by atoms with E-state index in [2.05, 4.69) is 10.6 Å². The highest BCUT2D eigenvalue weighted by Gasteiger charge is 2.36. The van der Waals surface area contributed by atoms with Crippen LogP contribution in [0.2, 0.25) is 10.0 Å². The Hall–Kier alpha value is -2.24. The quantitative estimate of drug-likeness (QED) is 0.855. The Morgan fingerprint density at radius 1 is 1.08 bits per heavy atom. The Bertz CT molecular complexity index is 745. The Kier molecular flexibility index (Phi) is 4.88. The number of hydrogen-bond donors (Lipinski definition) is 2. The van der Waals surface area contributed by atoms with Crippen molar-refractivity contribution in [3.05, 3.63) is 69.7 Å². The molecule has 1 saturated heterocycles. The smallest absolute Gasteiger partial charge is 0.408 e. The Morgan fingerprint density at radius 2 is 1.56 bits per heavy atom. The lowest BCUT2D eigenvalue weighted by Gasteiger charge is -2.33. The fourth-order valence-corrected chi connectivity index (χ4v) is 2.99. The third-order valence-corrected chi connectivity index (χ3v) is 4.69. The number of carbonyl (C=O) groups excluding carboxylic acids is 2. The van der Waals surface area contributed by atoms with Crippen molar-refractivity contribution in [2.45, 2.75) is 18.6 Å². The van der Waals surface area contributed by atoms with Gasteiger partial charge in [0.1, 0.15) is 0 Å². The van der Waals surface area contributed by atoms with Gasteiger partial charge in [0.2, 0.25) is 0 Å². The highest BCUT2D eigenvalue weighted by Crippen LogP contribution is 2.31. The van der Waals surface area contributed by atoms with Crippen LogP contribution in [0.4, 0.5) is 4.79 Å². The topological polar surface area (TPSA) is 67.4 Å². The predicted molar refractivity (Wildman–Crippen MR) is 95.8 cm³/mol. The van der Waals surface area contributed by atoms with E-state index in [9.17, 15) is 9.59 Å². The van der Waals surface area contributed by atoms with Gasteiger partial charge in [-0.25, -0.2) is 4.79 Å². The van der Waals surface area contributed by atoms with Crippen LogP contribution in [0.25, 0.3) is 0 Å². The summed E-state index contributed by atoms with van der Waals surface area (Å²) in [5.74, 6) is -0.384. The molecule has 2 amide bonds. The van der Waals surface area contributed by atoms with Crippen molar-refractivity contribution in [2.24, 2.45) is 0 Å². The second-order valence-electron chi connectivity index (χ2n) is 5.90. The standard InChI is InChI=1S/C18H16Cl2N2O3/c1-18(11-2-6-13(19)7-3-11,12-4-8-14(20)9-5-12)22-16(23)15-10-21-17(24)25-15/h2-9,15H,10H2,1H3,(H,21,24)(H,22,23)/t15-/m0/s1. The van der Waals surface area contributed by atoms with E-state index < -0.39 is 17.7 Å². The van der Waals surface area contributed by atoms with Crippen LogP contribution in [-0.2, 0) is 15.1 Å². The van der Waals surface area contributed by atoms with E-state index in [-0.39, 0.29) is 12.5 Å². The maximum absolute atomic E-state index is 12.6. The molecule has 0 saturated carbocycles. The van der Waals surface area contributed by atoms with Gasteiger partial charge in [-0.1, -0.05) is 47.5 Å². The molecule has 1 aliphatic heterocycles. The zero-order valence-electron chi connectivity index (χ0n) is 13.4. The van der Waals surface area contributed by atoms with Gasteiger partial charge in [0, 0.05) is 10.0 Å². The SMILES string of the molecule is CC(NC(=O)[C@@H]1CNC(=O)O1)(c1ccc(Cl)cc1)c1ccc(Cl)cc1. The third-order valence-electron chi connectivity index (χ3n) is 4.19. The minimum absolute atomic E-state index is 0.141. The lowest BCUT2D eigenvalue weighted by atomic mass is 9.84. The average Bonchev–Trinajstić information content (AvgIpc) is 3.02. The van der Waals surface area contributed by atoms with E-state index in [0.29, 0.717) is 10.0 Å². The third kappa shape index (κ3) is 3.72. The molecule has 2 N–H and O–H groups in total. The molecule has 130 valence electrons. The fraction of sp³-hybridized carbons (Fsp3) is 0.222. The second-order valence-corrected chi connectivity index (χ2v) is 6.78. The summed E-state index contributed by atoms with van der Waals surface area (Å²) in [5, 5.41) is 6.66. The van der Waals surface area contributed by atoms with Gasteiger partial charge in [0.25, 0.3) is 5.91 Å². The molecule has 0 aromatic heterocycles. The zero-order chi connectivity index (χ0) is 18.0. The molecule has 3 rings (SSSR count). The molecule has 2 aromatic rings. The summed E-state index contributed by atoms with van der Waals surface area (Å²) < 4.78 is 4.97. The predicted octanol–water partition coefficient (Wildman–Crippen LogP) is 3.48. The van der Waals surface area contributed by atoms with Crippen molar-refractivity contribution in [1.29, 1.82) is 0 Å². The first-order valence-corrected chi connectivity index (χ1v) is 8.43. The molecule has 1 aliphatic rings. The number of amides is 2. The Balaban J connectivity index is 1.96. The van der Waals surface area contributed by atoms with Gasteiger partial charge >= 0.3 is 6.09 Å². The van der Waals surface area contributed by atoms with Gasteiger partial charge < -0.3 is 15.4 Å². The Morgan fingerprint density at radius 3 is 1.96 bits per heavy atom. The largest absolute Gasteiger partial charge is 0.434 e. The monoisotopic (exact) mass is 378 g/mol. The molecular weight excluding hydrogens is 363 g/mol. The number of benzene rings is 2. The van der Waals surface area contributed by atoms with E-state index in [0.717, 1.165) is 11.1 Å². The normalized spacial score (nSPS) is 16.9. The number of nitrogens with one attached hydrogen (secondary N) is 2. The van der Waals surface area contributed by atoms with E-state index in [1.807, 2.05) is 31.2 Å². The molecule has 7 heteroatoms. The summed E-state index contributed by atoms with van der Waals surface area (Å²) in [7, 11) is 0. The van der Waals surface area contributed by atoms with Crippen molar-refractivity contribution in [2.75, 3.05) is 6.54 Å². The number of rotatable bonds is 4. The summed E-state index contributed by atoms with van der Waals surface area (Å²) in [6.45, 7) is 2.02. The summed E-state index contributed by atoms with van der Waals surface area (Å²) in [6.07, 6.45) is -1.47. The minimum atomic E-state index is -0.869. The zero-order valence-corrected chi connectivity index (χ0v) is 14.9. The van der Waals surface area contributed by atoms with Gasteiger partial charge in [0.15, 0.2) is 6.10 Å². The Labute approximate surface area is 155 Å². The summed E-state index contributed by atoms with van der Waals surface area (Å²) >= 11 is 12.0. The first-order valence-electron chi connectivity index (χ1n) is 7.67. The molecule has 1 atom stereocenters. The van der Waals surface area contributed by atoms with Crippen LogP contribution < -0.4 is 10.6 Å². The molecule has 0 aliphatic carbocycles. The lowest BCUT2D eigenvalue weighted by molar-refractivity contribution is -0.129. The van der Waals surface area contributed by atoms with Gasteiger partial charge in [-0.3, -0.25) is 4.79 Å². The number of ether oxygens (including phenoxy) is 1. The van der Waals surface area contributed by atoms with Gasteiger partial charge in [-0.05, 0) is 42.3 Å². The molecule has 0 bridgehead atoms. The van der Waals surface area contributed by atoms with Gasteiger partial charge in [-0.2, -0.15) is 0 Å². The van der Waals surface area contributed by atoms with Crippen LogP contribution in [0.15, 0.2) is 48.5 Å². The number of hydrogen-bond acceptors (Lipinski definition) is 3. The maximum Gasteiger partial charge on any atom is 0.408 e. The number of carbonyl (C=O) groups is 2. The number of cyclic esters (lactones) is 1. The van der Waals surface area contributed by atoms with Gasteiger partial charge in [-0.15, -0.1) is 0 Å². The molecular formula is C18H16Cl2N2O3. The molecule has 0 unspecified atom stereocenters. The summed E-state index contributed by atoms with van der Waals surface area (Å²) in [4.78, 5) is 23.8. The van der Waals surface area contributed by atoms with E-state index in [4.69, 9.17) is 27.9 Å². The average molecular weight is 379 g/mol. The van der Waals surface area contributed by atoms with Crippen molar-refractivity contribution < 1.29 is 14.3 Å². The van der Waals surface area contributed by atoms with Crippen LogP contribution in [-0.4, -0.2) is 24.6 Å². The van der Waals surface area contributed by atoms with Crippen molar-refractivity contribution in [3.8, 4) is 0 Å². The molecule has 0 spiro atoms. The summed E-state index contributed by atoms with van der Waals surface area (Å²) in [5.41, 5.74) is 0.830. The summed E-state index contributed by atoms with van der Waals surface area (Å²) in [6, 6.07) is 14.4. The number of alkyl carbamates (subject to hydrolysis) is 1. The molecule has 1 fully saturated rings. The van der Waals surface area contributed by atoms with Crippen molar-refractivity contribution in [1.82, 2.24) is 10.6 Å². The van der Waals surface area contributed by atoms with Gasteiger partial charge in [0.05, 0.1) is 12.1 Å². The van der Waals surface area contributed by atoms with Crippen LogP contribution in [0.1, 0.15) is 18.1 Å². The van der Waals surface area contributed by atoms with Crippen LogP contribution in [0.5, 0.6) is 0 Å². The fourth-order valence-electron chi connectivity index (χ4n) is 2.74. The molecule has 5 nitrogen and oxygen atoms in total. The lowest BCUT2D eigenvalue weighted by Crippen LogP contribution is -2.49. The van der Waals surface area contributed by atoms with Crippen LogP contribution in [0.3, 0.4) is 0 Å². The number of halogens is 2. The molecule has 2 aromatic carbocycles. The second kappa shape index (κ2) is 6.94. The highest BCUT2D eigenvalue weighted by atomic mass is 35.5. The first kappa shape index (κ1) is 17.6. The molecule has 25 heavy (non-hydrogen) atoms. The van der Waals surface area contributed by atoms with E-state index in [1.165, 1.54) is 0 Å². The van der Waals surface area contributed by atoms with Crippen molar-refractivity contribution in [3.63, 3.8) is 0 Å². The molecule has 1 heterocycles. The maximum atomic E-state index is 12.6. The minimum Gasteiger partial charge on any atom is -0.434 e. The van der Waals surface area contributed by atoms with Crippen LogP contribution in [0, 0.1) is 0 Å². The highest BCUT2D eigenvalue weighted by molar-refractivity contribution is 6.30. The molecule has 0 radical (unpaired) electrons. The van der Waals surface area contributed by atoms with E-state index in [1.54, 1.807) is 24.3 Å². The van der Waals surface area contributed by atoms with E-state index >= 15 is 0 Å². The first-order chi connectivity index (χ1) is 11.9.